The molecule has 46 valence electrons. The lowest BCUT2D eigenvalue weighted by atomic mass is 10.3. The first-order valence-corrected chi connectivity index (χ1v) is 2.81. The van der Waals surface area contributed by atoms with Gasteiger partial charge in [-0.05, 0) is 12.5 Å². The fourth-order valence-corrected chi connectivity index (χ4v) is 0.600. The van der Waals surface area contributed by atoms with E-state index in [9.17, 15) is 0 Å². The molecule has 3 heteroatoms. The molecule has 3 nitrogen and oxygen atoms in total. The van der Waals surface area contributed by atoms with E-state index in [-0.39, 0.29) is 0 Å². The van der Waals surface area contributed by atoms with Crippen LogP contribution in [0.5, 0.6) is 0 Å². The maximum atomic E-state index is 8.31. The second-order valence-corrected chi connectivity index (χ2v) is 1.74. The SMILES string of the molecule is CCc1cc(C#N)n[nH]1. The van der Waals surface area contributed by atoms with Crippen molar-refractivity contribution in [3.63, 3.8) is 0 Å². The fourth-order valence-electron chi connectivity index (χ4n) is 0.600. The number of hydrogen-bond donors (Lipinski definition) is 1. The summed E-state index contributed by atoms with van der Waals surface area (Å²) in [6, 6.07) is 3.69. The standard InChI is InChI=1S/C6H7N3/c1-2-5-3-6(4-7)9-8-5/h3H,2H2,1H3,(H,8,9). The van der Waals surface area contributed by atoms with Crippen LogP contribution in [0.25, 0.3) is 0 Å². The van der Waals surface area contributed by atoms with E-state index in [1.807, 2.05) is 13.0 Å². The first-order chi connectivity index (χ1) is 4.36. The van der Waals surface area contributed by atoms with E-state index in [1.54, 1.807) is 6.07 Å². The molecule has 0 spiro atoms. The summed E-state index contributed by atoms with van der Waals surface area (Å²) in [6.07, 6.45) is 0.898. The van der Waals surface area contributed by atoms with Crippen molar-refractivity contribution in [2.45, 2.75) is 13.3 Å². The van der Waals surface area contributed by atoms with Gasteiger partial charge in [-0.15, -0.1) is 0 Å². The van der Waals surface area contributed by atoms with Gasteiger partial charge in [0.25, 0.3) is 0 Å². The minimum atomic E-state index is 0.465. The number of nitrogens with one attached hydrogen (secondary N) is 1. The molecule has 0 aromatic carbocycles. The second kappa shape index (κ2) is 2.31. The monoisotopic (exact) mass is 121 g/mol. The van der Waals surface area contributed by atoms with Crippen LogP contribution in [0.4, 0.5) is 0 Å². The summed E-state index contributed by atoms with van der Waals surface area (Å²) < 4.78 is 0. The molecule has 0 bridgehead atoms. The molecule has 1 heterocycles. The molecule has 0 saturated carbocycles. The van der Waals surface area contributed by atoms with Crippen LogP contribution in [-0.2, 0) is 6.42 Å². The molecule has 1 N–H and O–H groups in total. The van der Waals surface area contributed by atoms with E-state index in [0.717, 1.165) is 12.1 Å². The summed E-state index contributed by atoms with van der Waals surface area (Å²) in [5.41, 5.74) is 1.47. The molecule has 1 rings (SSSR count). The maximum Gasteiger partial charge on any atom is 0.162 e. The van der Waals surface area contributed by atoms with Gasteiger partial charge in [0.1, 0.15) is 6.07 Å². The lowest BCUT2D eigenvalue weighted by Crippen LogP contribution is -1.76. The third-order valence-corrected chi connectivity index (χ3v) is 1.13. The third kappa shape index (κ3) is 1.08. The number of aryl methyl sites for hydroxylation is 1. The van der Waals surface area contributed by atoms with Crippen LogP contribution in [0.15, 0.2) is 6.07 Å². The highest BCUT2D eigenvalue weighted by molar-refractivity contribution is 5.21. The second-order valence-electron chi connectivity index (χ2n) is 1.74. The lowest BCUT2D eigenvalue weighted by molar-refractivity contribution is 0.970. The van der Waals surface area contributed by atoms with Crippen molar-refractivity contribution in [1.29, 1.82) is 5.26 Å². The molecule has 0 aliphatic carbocycles. The fraction of sp³-hybridized carbons (Fsp3) is 0.333. The van der Waals surface area contributed by atoms with Crippen molar-refractivity contribution >= 4 is 0 Å². The zero-order valence-electron chi connectivity index (χ0n) is 5.18. The molecule has 0 radical (unpaired) electrons. The molecular weight excluding hydrogens is 114 g/mol. The first-order valence-electron chi connectivity index (χ1n) is 2.81. The molecule has 0 atom stereocenters. The van der Waals surface area contributed by atoms with Crippen LogP contribution in [0.1, 0.15) is 18.3 Å². The van der Waals surface area contributed by atoms with Gasteiger partial charge in [0.05, 0.1) is 0 Å². The summed E-state index contributed by atoms with van der Waals surface area (Å²) in [4.78, 5) is 0. The number of nitriles is 1. The summed E-state index contributed by atoms with van der Waals surface area (Å²) in [5, 5.41) is 14.8. The first kappa shape index (κ1) is 5.83. The van der Waals surface area contributed by atoms with E-state index >= 15 is 0 Å². The van der Waals surface area contributed by atoms with E-state index in [1.165, 1.54) is 0 Å². The van der Waals surface area contributed by atoms with Crippen molar-refractivity contribution in [1.82, 2.24) is 10.2 Å². The largest absolute Gasteiger partial charge is 0.281 e. The van der Waals surface area contributed by atoms with Gasteiger partial charge < -0.3 is 0 Å². The number of aromatic nitrogens is 2. The number of rotatable bonds is 1. The van der Waals surface area contributed by atoms with Gasteiger partial charge in [0.2, 0.25) is 0 Å². The lowest BCUT2D eigenvalue weighted by Gasteiger charge is -1.79. The molecule has 0 aliphatic heterocycles. The predicted molar refractivity (Wildman–Crippen MR) is 32.7 cm³/mol. The number of aromatic amines is 1. The van der Waals surface area contributed by atoms with Gasteiger partial charge in [-0.2, -0.15) is 10.4 Å². The number of hydrogen-bond acceptors (Lipinski definition) is 2. The zero-order chi connectivity index (χ0) is 6.69. The molecule has 0 aliphatic rings. The van der Waals surface area contributed by atoms with Crippen LogP contribution < -0.4 is 0 Å². The normalized spacial score (nSPS) is 8.89. The Hall–Kier alpha value is -1.30. The van der Waals surface area contributed by atoms with Crippen LogP contribution in [0.2, 0.25) is 0 Å². The minimum absolute atomic E-state index is 0.465. The van der Waals surface area contributed by atoms with Gasteiger partial charge in [-0.1, -0.05) is 6.92 Å². The van der Waals surface area contributed by atoms with Crippen molar-refractivity contribution in [2.24, 2.45) is 0 Å². The molecule has 1 aromatic rings. The molecular formula is C6H7N3. The Morgan fingerprint density at radius 2 is 2.67 bits per heavy atom. The maximum absolute atomic E-state index is 8.31. The Morgan fingerprint density at radius 3 is 3.00 bits per heavy atom. The van der Waals surface area contributed by atoms with E-state index in [2.05, 4.69) is 10.2 Å². The molecule has 0 amide bonds. The highest BCUT2D eigenvalue weighted by atomic mass is 15.1. The van der Waals surface area contributed by atoms with E-state index < -0.39 is 0 Å². The van der Waals surface area contributed by atoms with Gasteiger partial charge in [-0.25, -0.2) is 0 Å². The number of nitrogens with zero attached hydrogens (tertiary/aromatic N) is 2. The molecule has 0 unspecified atom stereocenters. The van der Waals surface area contributed by atoms with Crippen molar-refractivity contribution < 1.29 is 0 Å². The Balaban J connectivity index is 2.90. The van der Waals surface area contributed by atoms with Crippen molar-refractivity contribution in [3.8, 4) is 6.07 Å². The van der Waals surface area contributed by atoms with Crippen LogP contribution >= 0.6 is 0 Å². The van der Waals surface area contributed by atoms with Crippen molar-refractivity contribution in [3.05, 3.63) is 17.5 Å². The summed E-state index contributed by atoms with van der Waals surface area (Å²) in [7, 11) is 0. The average molecular weight is 121 g/mol. The third-order valence-electron chi connectivity index (χ3n) is 1.13. The predicted octanol–water partition coefficient (Wildman–Crippen LogP) is 0.844. The summed E-state index contributed by atoms with van der Waals surface area (Å²) >= 11 is 0. The Labute approximate surface area is 53.3 Å². The highest BCUT2D eigenvalue weighted by Gasteiger charge is 1.94. The average Bonchev–Trinajstić information content (AvgIpc) is 2.34. The van der Waals surface area contributed by atoms with Crippen LogP contribution in [0, 0.1) is 11.3 Å². The van der Waals surface area contributed by atoms with Crippen molar-refractivity contribution in [2.75, 3.05) is 0 Å². The molecule has 9 heavy (non-hydrogen) atoms. The van der Waals surface area contributed by atoms with Crippen LogP contribution in [0.3, 0.4) is 0 Å². The van der Waals surface area contributed by atoms with Crippen LogP contribution in [-0.4, -0.2) is 10.2 Å². The van der Waals surface area contributed by atoms with E-state index in [0.29, 0.717) is 5.69 Å². The van der Waals surface area contributed by atoms with E-state index in [4.69, 9.17) is 5.26 Å². The van der Waals surface area contributed by atoms with Gasteiger partial charge in [0, 0.05) is 5.69 Å². The molecule has 1 aromatic heterocycles. The Morgan fingerprint density at radius 1 is 1.89 bits per heavy atom. The molecule has 0 saturated heterocycles. The topological polar surface area (TPSA) is 52.5 Å². The smallest absolute Gasteiger partial charge is 0.162 e. The highest BCUT2D eigenvalue weighted by Crippen LogP contribution is 1.96. The summed E-state index contributed by atoms with van der Waals surface area (Å²) in [5.74, 6) is 0. The van der Waals surface area contributed by atoms with Gasteiger partial charge in [-0.3, -0.25) is 5.10 Å². The molecule has 0 fully saturated rings. The number of H-pyrrole nitrogens is 1. The van der Waals surface area contributed by atoms with Gasteiger partial charge >= 0.3 is 0 Å². The summed E-state index contributed by atoms with van der Waals surface area (Å²) in [6.45, 7) is 2.01. The van der Waals surface area contributed by atoms with Gasteiger partial charge in [0.15, 0.2) is 5.69 Å². The Kier molecular flexibility index (Phi) is 1.50. The quantitative estimate of drug-likeness (QED) is 0.598. The zero-order valence-corrected chi connectivity index (χ0v) is 5.18. The minimum Gasteiger partial charge on any atom is -0.281 e. The Bertz CT molecular complexity index is 231.